The van der Waals surface area contributed by atoms with Crippen molar-refractivity contribution in [3.05, 3.63) is 34.9 Å². The number of aryl methyl sites for hydroxylation is 1. The maximum Gasteiger partial charge on any atom is 0.296 e. The van der Waals surface area contributed by atoms with Crippen LogP contribution in [0.15, 0.2) is 18.2 Å². The molecule has 1 aromatic carbocycles. The standard InChI is InChI=1S/C13H14N2O2/c1-8-5-6-10-11(12(16)13(17)15-10)9(8)4-3-7-14-2/h3-6,14H,7H2,1-2H3,(H,15,16,17). The number of likely N-dealkylation sites (N-methyl/N-ethyl adjacent to an activating group) is 1. The van der Waals surface area contributed by atoms with E-state index in [-0.39, 0.29) is 0 Å². The zero-order chi connectivity index (χ0) is 12.4. The number of carbonyl (C=O) groups excluding carboxylic acids is 2. The fraction of sp³-hybridized carbons (Fsp3) is 0.231. The molecular weight excluding hydrogens is 216 g/mol. The minimum absolute atomic E-state index is 0.451. The molecule has 4 nitrogen and oxygen atoms in total. The Labute approximate surface area is 99.7 Å². The number of anilines is 1. The van der Waals surface area contributed by atoms with Gasteiger partial charge in [0.25, 0.3) is 11.7 Å². The number of amides is 1. The molecule has 4 heteroatoms. The van der Waals surface area contributed by atoms with Crippen molar-refractivity contribution in [3.8, 4) is 0 Å². The van der Waals surface area contributed by atoms with Crippen LogP contribution in [0.5, 0.6) is 0 Å². The second-order valence-electron chi connectivity index (χ2n) is 3.96. The number of rotatable bonds is 3. The molecule has 1 aliphatic rings. The van der Waals surface area contributed by atoms with Gasteiger partial charge in [-0.3, -0.25) is 9.59 Å². The zero-order valence-electron chi connectivity index (χ0n) is 9.83. The van der Waals surface area contributed by atoms with Crippen LogP contribution in [0.2, 0.25) is 0 Å². The summed E-state index contributed by atoms with van der Waals surface area (Å²) in [7, 11) is 1.85. The molecule has 2 N–H and O–H groups in total. The summed E-state index contributed by atoms with van der Waals surface area (Å²) in [6, 6.07) is 3.67. The monoisotopic (exact) mass is 230 g/mol. The Morgan fingerprint density at radius 2 is 2.12 bits per heavy atom. The number of benzene rings is 1. The van der Waals surface area contributed by atoms with E-state index in [0.29, 0.717) is 11.3 Å². The number of nitrogens with one attached hydrogen (secondary N) is 2. The Morgan fingerprint density at radius 3 is 2.82 bits per heavy atom. The first-order valence-electron chi connectivity index (χ1n) is 5.45. The van der Waals surface area contributed by atoms with Crippen LogP contribution in [-0.4, -0.2) is 25.3 Å². The number of ketones is 1. The van der Waals surface area contributed by atoms with Crippen LogP contribution in [0, 0.1) is 6.92 Å². The quantitative estimate of drug-likeness (QED) is 0.771. The number of carbonyl (C=O) groups is 2. The van der Waals surface area contributed by atoms with Crippen molar-refractivity contribution in [1.82, 2.24) is 5.32 Å². The number of Topliss-reactive ketones (excluding diaryl/α,β-unsaturated/α-hetero) is 1. The normalized spacial score (nSPS) is 14.2. The van der Waals surface area contributed by atoms with Crippen molar-refractivity contribution < 1.29 is 9.59 Å². The fourth-order valence-electron chi connectivity index (χ4n) is 1.87. The molecule has 0 aromatic heterocycles. The highest BCUT2D eigenvalue weighted by Crippen LogP contribution is 2.29. The van der Waals surface area contributed by atoms with Crippen LogP contribution < -0.4 is 10.6 Å². The Hall–Kier alpha value is -1.94. The predicted molar refractivity (Wildman–Crippen MR) is 67.1 cm³/mol. The van der Waals surface area contributed by atoms with Crippen LogP contribution in [0.25, 0.3) is 6.08 Å². The molecule has 0 radical (unpaired) electrons. The molecule has 0 saturated carbocycles. The predicted octanol–water partition coefficient (Wildman–Crippen LogP) is 1.36. The van der Waals surface area contributed by atoms with Crippen molar-refractivity contribution in [2.45, 2.75) is 6.92 Å². The van der Waals surface area contributed by atoms with Gasteiger partial charge in [0.05, 0.1) is 11.3 Å². The molecule has 0 atom stereocenters. The summed E-state index contributed by atoms with van der Waals surface area (Å²) in [6.07, 6.45) is 3.81. The largest absolute Gasteiger partial charge is 0.318 e. The number of fused-ring (bicyclic) bond motifs is 1. The lowest BCUT2D eigenvalue weighted by molar-refractivity contribution is -0.112. The van der Waals surface area contributed by atoms with Gasteiger partial charge < -0.3 is 10.6 Å². The van der Waals surface area contributed by atoms with Gasteiger partial charge in [0.15, 0.2) is 0 Å². The fourth-order valence-corrected chi connectivity index (χ4v) is 1.87. The molecule has 0 bridgehead atoms. The van der Waals surface area contributed by atoms with Crippen molar-refractivity contribution in [3.63, 3.8) is 0 Å². The van der Waals surface area contributed by atoms with Gasteiger partial charge in [0.2, 0.25) is 0 Å². The van der Waals surface area contributed by atoms with Crippen LogP contribution in [0.3, 0.4) is 0 Å². The summed E-state index contributed by atoms with van der Waals surface area (Å²) in [5, 5.41) is 5.56. The maximum absolute atomic E-state index is 11.7. The highest BCUT2D eigenvalue weighted by atomic mass is 16.2. The summed E-state index contributed by atoms with van der Waals surface area (Å²) in [5.74, 6) is -0.998. The van der Waals surface area contributed by atoms with E-state index in [1.54, 1.807) is 6.07 Å². The lowest BCUT2D eigenvalue weighted by Gasteiger charge is -2.05. The molecular formula is C13H14N2O2. The van der Waals surface area contributed by atoms with E-state index in [9.17, 15) is 9.59 Å². The number of hydrogen-bond donors (Lipinski definition) is 2. The van der Waals surface area contributed by atoms with E-state index in [0.717, 1.165) is 17.7 Å². The topological polar surface area (TPSA) is 58.2 Å². The van der Waals surface area contributed by atoms with Crippen molar-refractivity contribution in [2.24, 2.45) is 0 Å². The molecule has 1 amide bonds. The smallest absolute Gasteiger partial charge is 0.296 e. The summed E-state index contributed by atoms with van der Waals surface area (Å²) < 4.78 is 0. The van der Waals surface area contributed by atoms with E-state index in [1.807, 2.05) is 32.2 Å². The van der Waals surface area contributed by atoms with Gasteiger partial charge >= 0.3 is 0 Å². The molecule has 1 aliphatic heterocycles. The molecule has 0 aliphatic carbocycles. The van der Waals surface area contributed by atoms with Gasteiger partial charge in [-0.05, 0) is 31.2 Å². The van der Waals surface area contributed by atoms with Gasteiger partial charge in [0, 0.05) is 6.54 Å². The van der Waals surface area contributed by atoms with E-state index in [2.05, 4.69) is 10.6 Å². The molecule has 2 rings (SSSR count). The summed E-state index contributed by atoms with van der Waals surface area (Å²) >= 11 is 0. The van der Waals surface area contributed by atoms with Crippen molar-refractivity contribution in [2.75, 3.05) is 18.9 Å². The third kappa shape index (κ3) is 1.99. The molecule has 0 spiro atoms. The lowest BCUT2D eigenvalue weighted by atomic mass is 9.98. The van der Waals surface area contributed by atoms with E-state index >= 15 is 0 Å². The SMILES string of the molecule is CNCC=Cc1c(C)ccc2c1C(=O)C(=O)N2. The highest BCUT2D eigenvalue weighted by Gasteiger charge is 2.30. The lowest BCUT2D eigenvalue weighted by Crippen LogP contribution is -2.13. The third-order valence-corrected chi connectivity index (χ3v) is 2.75. The Kier molecular flexibility index (Phi) is 3.06. The first-order chi connectivity index (χ1) is 8.15. The van der Waals surface area contributed by atoms with Crippen LogP contribution >= 0.6 is 0 Å². The van der Waals surface area contributed by atoms with Gasteiger partial charge in [-0.15, -0.1) is 0 Å². The molecule has 88 valence electrons. The van der Waals surface area contributed by atoms with Gasteiger partial charge in [-0.2, -0.15) is 0 Å². The molecule has 0 unspecified atom stereocenters. The Balaban J connectivity index is 2.49. The molecule has 17 heavy (non-hydrogen) atoms. The minimum Gasteiger partial charge on any atom is -0.318 e. The first kappa shape index (κ1) is 11.5. The Morgan fingerprint density at radius 1 is 1.35 bits per heavy atom. The second-order valence-corrected chi connectivity index (χ2v) is 3.96. The van der Waals surface area contributed by atoms with E-state index in [4.69, 9.17) is 0 Å². The summed E-state index contributed by atoms with van der Waals surface area (Å²) in [5.41, 5.74) is 2.90. The van der Waals surface area contributed by atoms with Gasteiger partial charge in [-0.1, -0.05) is 18.2 Å². The molecule has 1 aromatic rings. The Bertz CT molecular complexity index is 518. The zero-order valence-corrected chi connectivity index (χ0v) is 9.83. The third-order valence-electron chi connectivity index (χ3n) is 2.75. The van der Waals surface area contributed by atoms with Crippen molar-refractivity contribution >= 4 is 23.5 Å². The van der Waals surface area contributed by atoms with Gasteiger partial charge in [-0.25, -0.2) is 0 Å². The average Bonchev–Trinajstić information content (AvgIpc) is 2.59. The van der Waals surface area contributed by atoms with Gasteiger partial charge in [0.1, 0.15) is 0 Å². The average molecular weight is 230 g/mol. The first-order valence-corrected chi connectivity index (χ1v) is 5.45. The summed E-state index contributed by atoms with van der Waals surface area (Å²) in [6.45, 7) is 2.65. The second kappa shape index (κ2) is 4.51. The van der Waals surface area contributed by atoms with Crippen LogP contribution in [0.1, 0.15) is 21.5 Å². The highest BCUT2D eigenvalue weighted by molar-refractivity contribution is 6.52. The van der Waals surface area contributed by atoms with E-state index in [1.165, 1.54) is 0 Å². The van der Waals surface area contributed by atoms with E-state index < -0.39 is 11.7 Å². The minimum atomic E-state index is -0.547. The maximum atomic E-state index is 11.7. The van der Waals surface area contributed by atoms with Crippen LogP contribution in [0.4, 0.5) is 5.69 Å². The van der Waals surface area contributed by atoms with Crippen molar-refractivity contribution in [1.29, 1.82) is 0 Å². The number of hydrogen-bond acceptors (Lipinski definition) is 3. The molecule has 0 saturated heterocycles. The molecule has 0 fully saturated rings. The summed E-state index contributed by atoms with van der Waals surface area (Å²) in [4.78, 5) is 23.1. The van der Waals surface area contributed by atoms with Crippen LogP contribution in [-0.2, 0) is 4.79 Å². The molecule has 1 heterocycles.